The van der Waals surface area contributed by atoms with Gasteiger partial charge in [0.1, 0.15) is 12.1 Å². The highest BCUT2D eigenvalue weighted by atomic mass is 16.2. The summed E-state index contributed by atoms with van der Waals surface area (Å²) in [6.45, 7) is 2.68. The molecule has 7 nitrogen and oxygen atoms in total. The fourth-order valence-electron chi connectivity index (χ4n) is 4.51. The van der Waals surface area contributed by atoms with Crippen molar-refractivity contribution in [2.75, 3.05) is 20.8 Å². The SMILES string of the molecule is CNC(=O)c1ccc(C[NH+](C)CN2C(=O)N[C@@](C)(c3ccc4c(c3)CCC4)C2=O)cc1. The standard InChI is InChI=1S/C24H28N4O3/c1-24(20-12-11-17-5-4-6-19(17)13-20)22(30)28(23(31)26-24)15-27(3)14-16-7-9-18(10-8-16)21(29)25-2/h7-13H,4-6,14-15H2,1-3H3,(H,25,29)(H,26,31)/p+1/t24-/m0/s1. The molecule has 0 spiro atoms. The molecule has 162 valence electrons. The van der Waals surface area contributed by atoms with Crippen LogP contribution in [0.15, 0.2) is 42.5 Å². The molecule has 0 aromatic heterocycles. The maximum absolute atomic E-state index is 13.3. The highest BCUT2D eigenvalue weighted by Gasteiger charge is 2.50. The number of carbonyl (C=O) groups is 3. The average Bonchev–Trinajstić information content (AvgIpc) is 3.32. The number of benzene rings is 2. The number of hydrogen-bond acceptors (Lipinski definition) is 3. The van der Waals surface area contributed by atoms with Gasteiger partial charge < -0.3 is 15.5 Å². The highest BCUT2D eigenvalue weighted by Crippen LogP contribution is 2.32. The van der Waals surface area contributed by atoms with E-state index < -0.39 is 5.54 Å². The van der Waals surface area contributed by atoms with Gasteiger partial charge in [-0.05, 0) is 55.0 Å². The summed E-state index contributed by atoms with van der Waals surface area (Å²) in [6, 6.07) is 13.1. The van der Waals surface area contributed by atoms with E-state index in [1.807, 2.05) is 25.2 Å². The highest BCUT2D eigenvalue weighted by molar-refractivity contribution is 6.07. The number of urea groups is 1. The molecule has 2 aromatic rings. The Hall–Kier alpha value is -3.19. The summed E-state index contributed by atoms with van der Waals surface area (Å²) in [5.74, 6) is -0.345. The molecule has 4 amide bonds. The van der Waals surface area contributed by atoms with Crippen molar-refractivity contribution in [1.82, 2.24) is 15.5 Å². The Bertz CT molecular complexity index is 1030. The van der Waals surface area contributed by atoms with Crippen LogP contribution < -0.4 is 15.5 Å². The monoisotopic (exact) mass is 421 g/mol. The fourth-order valence-corrected chi connectivity index (χ4v) is 4.51. The number of nitrogens with zero attached hydrogens (tertiary/aromatic N) is 1. The largest absolute Gasteiger partial charge is 0.355 e. The lowest BCUT2D eigenvalue weighted by Gasteiger charge is -2.24. The number of fused-ring (bicyclic) bond motifs is 1. The van der Waals surface area contributed by atoms with Gasteiger partial charge in [-0.2, -0.15) is 0 Å². The van der Waals surface area contributed by atoms with Gasteiger partial charge in [-0.1, -0.05) is 30.3 Å². The number of rotatable bonds is 6. The molecule has 3 N–H and O–H groups in total. The van der Waals surface area contributed by atoms with E-state index in [0.29, 0.717) is 12.1 Å². The molecule has 7 heteroatoms. The molecule has 1 heterocycles. The zero-order valence-electron chi connectivity index (χ0n) is 18.2. The van der Waals surface area contributed by atoms with Crippen LogP contribution in [0.1, 0.15) is 46.0 Å². The van der Waals surface area contributed by atoms with E-state index in [9.17, 15) is 14.4 Å². The molecule has 1 aliphatic carbocycles. The summed E-state index contributed by atoms with van der Waals surface area (Å²) in [7, 11) is 3.54. The molecular weight excluding hydrogens is 392 g/mol. The van der Waals surface area contributed by atoms with E-state index in [0.717, 1.165) is 35.3 Å². The Kier molecular flexibility index (Phi) is 5.54. The number of nitrogens with one attached hydrogen (secondary N) is 3. The van der Waals surface area contributed by atoms with Crippen molar-refractivity contribution in [3.8, 4) is 0 Å². The summed E-state index contributed by atoms with van der Waals surface area (Å²) in [5, 5.41) is 5.51. The molecule has 0 saturated carbocycles. The van der Waals surface area contributed by atoms with Crippen molar-refractivity contribution in [2.24, 2.45) is 0 Å². The van der Waals surface area contributed by atoms with Crippen LogP contribution in [0.25, 0.3) is 0 Å². The zero-order chi connectivity index (χ0) is 22.2. The molecule has 4 rings (SSSR count). The van der Waals surface area contributed by atoms with Crippen LogP contribution in [0.4, 0.5) is 4.79 Å². The molecule has 0 bridgehead atoms. The van der Waals surface area contributed by atoms with Gasteiger partial charge in [0.2, 0.25) is 0 Å². The Morgan fingerprint density at radius 3 is 2.55 bits per heavy atom. The van der Waals surface area contributed by atoms with Crippen molar-refractivity contribution >= 4 is 17.8 Å². The van der Waals surface area contributed by atoms with Crippen molar-refractivity contribution in [3.05, 3.63) is 70.3 Å². The number of aryl methyl sites for hydroxylation is 2. The predicted octanol–water partition coefficient (Wildman–Crippen LogP) is 0.974. The van der Waals surface area contributed by atoms with E-state index in [1.54, 1.807) is 26.1 Å². The summed E-state index contributed by atoms with van der Waals surface area (Å²) in [5.41, 5.74) is 4.05. The second-order valence-electron chi connectivity index (χ2n) is 8.69. The molecule has 2 aliphatic rings. The van der Waals surface area contributed by atoms with E-state index in [4.69, 9.17) is 0 Å². The number of imide groups is 1. The Labute approximate surface area is 182 Å². The van der Waals surface area contributed by atoms with Crippen LogP contribution in [-0.4, -0.2) is 43.5 Å². The minimum absolute atomic E-state index is 0.127. The number of carbonyl (C=O) groups excluding carboxylic acids is 3. The lowest BCUT2D eigenvalue weighted by Crippen LogP contribution is -3.09. The first-order chi connectivity index (χ1) is 14.8. The van der Waals surface area contributed by atoms with Crippen LogP contribution in [0.5, 0.6) is 0 Å². The first kappa shape index (κ1) is 21.1. The van der Waals surface area contributed by atoms with Gasteiger partial charge in [-0.3, -0.25) is 9.59 Å². The minimum atomic E-state index is -1.04. The van der Waals surface area contributed by atoms with Crippen molar-refractivity contribution in [2.45, 2.75) is 38.3 Å². The molecule has 1 aliphatic heterocycles. The van der Waals surface area contributed by atoms with Gasteiger partial charge in [0.05, 0.1) is 7.05 Å². The van der Waals surface area contributed by atoms with Crippen LogP contribution in [0.2, 0.25) is 0 Å². The predicted molar refractivity (Wildman–Crippen MR) is 116 cm³/mol. The maximum Gasteiger partial charge on any atom is 0.329 e. The summed E-state index contributed by atoms with van der Waals surface area (Å²) in [4.78, 5) is 39.9. The molecule has 1 unspecified atom stereocenters. The molecule has 31 heavy (non-hydrogen) atoms. The van der Waals surface area contributed by atoms with Crippen molar-refractivity contribution in [3.63, 3.8) is 0 Å². The lowest BCUT2D eigenvalue weighted by molar-refractivity contribution is -0.901. The summed E-state index contributed by atoms with van der Waals surface area (Å²) >= 11 is 0. The van der Waals surface area contributed by atoms with Crippen LogP contribution in [0, 0.1) is 0 Å². The smallest absolute Gasteiger partial charge is 0.329 e. The topological polar surface area (TPSA) is 82.9 Å². The van der Waals surface area contributed by atoms with Crippen LogP contribution in [-0.2, 0) is 29.7 Å². The van der Waals surface area contributed by atoms with Crippen LogP contribution in [0.3, 0.4) is 0 Å². The fraction of sp³-hybridized carbons (Fsp3) is 0.375. The zero-order valence-corrected chi connectivity index (χ0v) is 18.2. The Morgan fingerprint density at radius 1 is 1.13 bits per heavy atom. The molecule has 2 aromatic carbocycles. The molecule has 1 fully saturated rings. The third kappa shape index (κ3) is 3.93. The lowest BCUT2D eigenvalue weighted by atomic mass is 9.90. The molecule has 1 saturated heterocycles. The maximum atomic E-state index is 13.3. The minimum Gasteiger partial charge on any atom is -0.355 e. The van der Waals surface area contributed by atoms with Gasteiger partial charge in [0, 0.05) is 18.2 Å². The Balaban J connectivity index is 1.44. The van der Waals surface area contributed by atoms with Crippen molar-refractivity contribution < 1.29 is 19.3 Å². The summed E-state index contributed by atoms with van der Waals surface area (Å²) < 4.78 is 0. The average molecular weight is 422 g/mol. The molecular formula is C24H29N4O3+. The van der Waals surface area contributed by atoms with E-state index in [2.05, 4.69) is 22.8 Å². The van der Waals surface area contributed by atoms with Gasteiger partial charge in [-0.25, -0.2) is 9.69 Å². The quantitative estimate of drug-likeness (QED) is 0.608. The van der Waals surface area contributed by atoms with Crippen molar-refractivity contribution in [1.29, 1.82) is 0 Å². The van der Waals surface area contributed by atoms with E-state index in [-0.39, 0.29) is 24.5 Å². The van der Waals surface area contributed by atoms with Gasteiger partial charge in [0.25, 0.3) is 11.8 Å². The number of hydrogen-bond donors (Lipinski definition) is 3. The van der Waals surface area contributed by atoms with Gasteiger partial charge >= 0.3 is 6.03 Å². The second kappa shape index (κ2) is 8.15. The Morgan fingerprint density at radius 2 is 1.84 bits per heavy atom. The van der Waals surface area contributed by atoms with Crippen LogP contribution >= 0.6 is 0 Å². The van der Waals surface area contributed by atoms with Gasteiger partial charge in [0.15, 0.2) is 6.67 Å². The molecule has 2 atom stereocenters. The first-order valence-corrected chi connectivity index (χ1v) is 10.7. The number of amides is 4. The normalized spacial score (nSPS) is 21.1. The van der Waals surface area contributed by atoms with Gasteiger partial charge in [-0.15, -0.1) is 0 Å². The van der Waals surface area contributed by atoms with E-state index in [1.165, 1.54) is 16.0 Å². The first-order valence-electron chi connectivity index (χ1n) is 10.7. The van der Waals surface area contributed by atoms with E-state index >= 15 is 0 Å². The summed E-state index contributed by atoms with van der Waals surface area (Å²) in [6.07, 6.45) is 3.24. The third-order valence-electron chi connectivity index (χ3n) is 6.33. The second-order valence-corrected chi connectivity index (χ2v) is 8.69. The molecule has 0 radical (unpaired) electrons. The number of quaternary nitrogens is 1. The third-order valence-corrected chi connectivity index (χ3v) is 6.33.